The molecule has 4 nitrogen and oxygen atoms in total. The number of aromatic nitrogens is 1. The van der Waals surface area contributed by atoms with Crippen LogP contribution in [0.2, 0.25) is 0 Å². The van der Waals surface area contributed by atoms with Gasteiger partial charge in [0.05, 0.1) is 12.3 Å². The van der Waals surface area contributed by atoms with Crippen LogP contribution in [-0.2, 0) is 4.74 Å². The van der Waals surface area contributed by atoms with Crippen molar-refractivity contribution >= 4 is 22.5 Å². The fourth-order valence-electron chi connectivity index (χ4n) is 1.41. The first kappa shape index (κ1) is 14.0. The van der Waals surface area contributed by atoms with Crippen molar-refractivity contribution in [1.82, 2.24) is 4.37 Å². The van der Waals surface area contributed by atoms with E-state index < -0.39 is 0 Å². The van der Waals surface area contributed by atoms with E-state index in [0.29, 0.717) is 18.1 Å². The molecule has 17 heavy (non-hydrogen) atoms. The molecule has 0 aromatic carbocycles. The molecule has 0 aliphatic heterocycles. The maximum Gasteiger partial charge on any atom is 0.343 e. The van der Waals surface area contributed by atoms with Crippen molar-refractivity contribution in [3.05, 3.63) is 11.3 Å². The number of carbonyl (C=O) groups excluding carboxylic acids is 1. The van der Waals surface area contributed by atoms with E-state index in [1.54, 1.807) is 6.92 Å². The van der Waals surface area contributed by atoms with E-state index in [0.717, 1.165) is 23.7 Å². The number of hydrogen-bond acceptors (Lipinski definition) is 5. The maximum absolute atomic E-state index is 11.7. The first-order valence-corrected chi connectivity index (χ1v) is 6.70. The molecule has 0 aliphatic rings. The number of ether oxygens (including phenoxy) is 1. The van der Waals surface area contributed by atoms with Crippen LogP contribution in [0.3, 0.4) is 0 Å². The number of hydrogen-bond donors (Lipinski definition) is 1. The van der Waals surface area contributed by atoms with Crippen LogP contribution in [0.1, 0.15) is 43.2 Å². The van der Waals surface area contributed by atoms with Crippen LogP contribution in [-0.4, -0.2) is 23.5 Å². The molecule has 5 heteroatoms. The number of nitrogens with zero attached hydrogens (tertiary/aromatic N) is 1. The summed E-state index contributed by atoms with van der Waals surface area (Å²) >= 11 is 1.32. The van der Waals surface area contributed by atoms with E-state index in [1.165, 1.54) is 11.5 Å². The van der Waals surface area contributed by atoms with Crippen molar-refractivity contribution in [3.63, 3.8) is 0 Å². The molecule has 0 radical (unpaired) electrons. The summed E-state index contributed by atoms with van der Waals surface area (Å²) < 4.78 is 9.22. The Hall–Kier alpha value is -1.10. The first-order chi connectivity index (χ1) is 8.06. The third kappa shape index (κ3) is 4.00. The fraction of sp³-hybridized carbons (Fsp3) is 0.667. The van der Waals surface area contributed by atoms with Crippen molar-refractivity contribution in [2.45, 2.75) is 34.1 Å². The average molecular weight is 256 g/mol. The number of esters is 1. The quantitative estimate of drug-likeness (QED) is 0.795. The van der Waals surface area contributed by atoms with Gasteiger partial charge in [-0.2, -0.15) is 4.37 Å². The number of anilines is 1. The Morgan fingerprint density at radius 1 is 1.53 bits per heavy atom. The highest BCUT2D eigenvalue weighted by molar-refractivity contribution is 7.10. The van der Waals surface area contributed by atoms with E-state index >= 15 is 0 Å². The molecule has 0 unspecified atom stereocenters. The minimum absolute atomic E-state index is 0.286. The van der Waals surface area contributed by atoms with Gasteiger partial charge in [-0.15, -0.1) is 0 Å². The van der Waals surface area contributed by atoms with Gasteiger partial charge < -0.3 is 10.1 Å². The van der Waals surface area contributed by atoms with E-state index in [4.69, 9.17) is 4.74 Å². The third-order valence-electron chi connectivity index (χ3n) is 2.35. The minimum Gasteiger partial charge on any atom is -0.462 e. The Labute approximate surface area is 107 Å². The second kappa shape index (κ2) is 6.59. The molecular weight excluding hydrogens is 236 g/mol. The molecule has 0 fully saturated rings. The maximum atomic E-state index is 11.7. The lowest BCUT2D eigenvalue weighted by Crippen LogP contribution is -2.10. The van der Waals surface area contributed by atoms with Gasteiger partial charge in [0.1, 0.15) is 10.6 Å². The van der Waals surface area contributed by atoms with Gasteiger partial charge in [-0.05, 0) is 37.7 Å². The van der Waals surface area contributed by atoms with Crippen LogP contribution in [0, 0.1) is 12.8 Å². The third-order valence-corrected chi connectivity index (χ3v) is 3.25. The molecule has 0 saturated carbocycles. The van der Waals surface area contributed by atoms with Gasteiger partial charge in [-0.1, -0.05) is 13.8 Å². The second-order valence-electron chi connectivity index (χ2n) is 4.30. The number of rotatable bonds is 6. The van der Waals surface area contributed by atoms with Crippen molar-refractivity contribution in [1.29, 1.82) is 0 Å². The van der Waals surface area contributed by atoms with Crippen LogP contribution >= 0.6 is 11.5 Å². The largest absolute Gasteiger partial charge is 0.462 e. The highest BCUT2D eigenvalue weighted by atomic mass is 32.1. The second-order valence-corrected chi connectivity index (χ2v) is 5.08. The topological polar surface area (TPSA) is 51.2 Å². The Kier molecular flexibility index (Phi) is 5.41. The zero-order chi connectivity index (χ0) is 12.8. The Bertz CT molecular complexity index is 375. The molecule has 1 heterocycles. The highest BCUT2D eigenvalue weighted by Gasteiger charge is 2.19. The first-order valence-electron chi connectivity index (χ1n) is 5.93. The Morgan fingerprint density at radius 3 is 2.82 bits per heavy atom. The van der Waals surface area contributed by atoms with Gasteiger partial charge in [0.2, 0.25) is 0 Å². The van der Waals surface area contributed by atoms with Gasteiger partial charge in [-0.3, -0.25) is 0 Å². The summed E-state index contributed by atoms with van der Waals surface area (Å²) in [5.41, 5.74) is 1.32. The van der Waals surface area contributed by atoms with Crippen molar-refractivity contribution in [3.8, 4) is 0 Å². The summed E-state index contributed by atoms with van der Waals surface area (Å²) in [6.45, 7) is 9.22. The van der Waals surface area contributed by atoms with E-state index in [-0.39, 0.29) is 5.97 Å². The van der Waals surface area contributed by atoms with E-state index in [2.05, 4.69) is 23.5 Å². The van der Waals surface area contributed by atoms with Gasteiger partial charge in [0, 0.05) is 6.54 Å². The molecule has 0 amide bonds. The Morgan fingerprint density at radius 2 is 2.24 bits per heavy atom. The normalized spacial score (nSPS) is 10.6. The van der Waals surface area contributed by atoms with Gasteiger partial charge in [0.25, 0.3) is 0 Å². The predicted octanol–water partition coefficient (Wildman–Crippen LogP) is 3.09. The molecule has 0 spiro atoms. The molecule has 96 valence electrons. The lowest BCUT2D eigenvalue weighted by molar-refractivity contribution is 0.0527. The van der Waals surface area contributed by atoms with Crippen LogP contribution in [0.4, 0.5) is 5.00 Å². The van der Waals surface area contributed by atoms with Crippen LogP contribution in [0.5, 0.6) is 0 Å². The zero-order valence-corrected chi connectivity index (χ0v) is 11.7. The molecule has 0 aliphatic carbocycles. The summed E-state index contributed by atoms with van der Waals surface area (Å²) in [6.07, 6.45) is 1.07. The summed E-state index contributed by atoms with van der Waals surface area (Å²) in [6, 6.07) is 0. The standard InChI is InChI=1S/C12H20N2O2S/c1-5-16-12(15)10-9(4)14-17-11(10)13-7-6-8(2)3/h8,13H,5-7H2,1-4H3. The number of nitrogens with one attached hydrogen (secondary N) is 1. The highest BCUT2D eigenvalue weighted by Crippen LogP contribution is 2.25. The molecule has 1 aromatic heterocycles. The lowest BCUT2D eigenvalue weighted by atomic mass is 10.1. The van der Waals surface area contributed by atoms with Crippen LogP contribution in [0.25, 0.3) is 0 Å². The van der Waals surface area contributed by atoms with Crippen molar-refractivity contribution in [2.75, 3.05) is 18.5 Å². The monoisotopic (exact) mass is 256 g/mol. The average Bonchev–Trinajstić information content (AvgIpc) is 2.60. The number of aryl methyl sites for hydroxylation is 1. The van der Waals surface area contributed by atoms with E-state index in [9.17, 15) is 4.79 Å². The van der Waals surface area contributed by atoms with Crippen molar-refractivity contribution in [2.24, 2.45) is 5.92 Å². The zero-order valence-electron chi connectivity index (χ0n) is 10.9. The molecule has 0 saturated heterocycles. The molecule has 1 N–H and O–H groups in total. The fourth-order valence-corrected chi connectivity index (χ4v) is 2.22. The van der Waals surface area contributed by atoms with Crippen molar-refractivity contribution < 1.29 is 9.53 Å². The predicted molar refractivity (Wildman–Crippen MR) is 70.8 cm³/mol. The summed E-state index contributed by atoms with van der Waals surface area (Å²) in [7, 11) is 0. The lowest BCUT2D eigenvalue weighted by Gasteiger charge is -2.08. The summed E-state index contributed by atoms with van der Waals surface area (Å²) in [5, 5.41) is 4.08. The molecular formula is C12H20N2O2S. The van der Waals surface area contributed by atoms with Crippen LogP contribution in [0.15, 0.2) is 0 Å². The number of carbonyl (C=O) groups is 1. The van der Waals surface area contributed by atoms with Gasteiger partial charge in [-0.25, -0.2) is 4.79 Å². The van der Waals surface area contributed by atoms with Crippen LogP contribution < -0.4 is 5.32 Å². The van der Waals surface area contributed by atoms with Gasteiger partial charge >= 0.3 is 5.97 Å². The minimum atomic E-state index is -0.286. The summed E-state index contributed by atoms with van der Waals surface area (Å²) in [5.74, 6) is 0.355. The molecule has 0 bridgehead atoms. The smallest absolute Gasteiger partial charge is 0.343 e. The molecule has 1 rings (SSSR count). The summed E-state index contributed by atoms with van der Waals surface area (Å²) in [4.78, 5) is 11.7. The SMILES string of the molecule is CCOC(=O)c1c(C)nsc1NCCC(C)C. The Balaban J connectivity index is 2.69. The molecule has 1 aromatic rings. The molecule has 0 atom stereocenters. The van der Waals surface area contributed by atoms with Gasteiger partial charge in [0.15, 0.2) is 0 Å². The van der Waals surface area contributed by atoms with E-state index in [1.807, 2.05) is 6.92 Å².